The molecule has 1 fully saturated rings. The van der Waals surface area contributed by atoms with Crippen molar-refractivity contribution < 1.29 is 27.8 Å². The SMILES string of the molecule is CCOc1cc(F)c(C2=C(c3ccc(O[C@H]4CCN(CCCF)C4)cc3)c3ccc(O)cc3CCC2)cc1F. The molecular weight excluding hydrogens is 503 g/mol. The second kappa shape index (κ2) is 12.2. The maximum absolute atomic E-state index is 15.4. The summed E-state index contributed by atoms with van der Waals surface area (Å²) in [6.45, 7) is 4.07. The molecule has 0 saturated carbocycles. The van der Waals surface area contributed by atoms with Gasteiger partial charge in [0.1, 0.15) is 23.4 Å². The molecule has 39 heavy (non-hydrogen) atoms. The van der Waals surface area contributed by atoms with Crippen LogP contribution in [0.25, 0.3) is 11.1 Å². The molecule has 1 aliphatic carbocycles. The first-order valence-corrected chi connectivity index (χ1v) is 13.7. The molecule has 0 amide bonds. The maximum Gasteiger partial charge on any atom is 0.165 e. The molecule has 1 saturated heterocycles. The first-order chi connectivity index (χ1) is 19.0. The fourth-order valence-corrected chi connectivity index (χ4v) is 5.67. The number of rotatable bonds is 9. The largest absolute Gasteiger partial charge is 0.508 e. The van der Waals surface area contributed by atoms with Crippen molar-refractivity contribution in [1.29, 1.82) is 0 Å². The highest BCUT2D eigenvalue weighted by atomic mass is 19.1. The molecule has 1 atom stereocenters. The molecule has 1 heterocycles. The van der Waals surface area contributed by atoms with Gasteiger partial charge in [0.15, 0.2) is 11.6 Å². The van der Waals surface area contributed by atoms with Gasteiger partial charge in [-0.15, -0.1) is 0 Å². The third-order valence-corrected chi connectivity index (χ3v) is 7.46. The van der Waals surface area contributed by atoms with E-state index in [1.165, 1.54) is 6.07 Å². The fourth-order valence-electron chi connectivity index (χ4n) is 5.67. The van der Waals surface area contributed by atoms with E-state index in [-0.39, 0.29) is 36.4 Å². The van der Waals surface area contributed by atoms with E-state index in [1.54, 1.807) is 19.1 Å². The molecule has 7 heteroatoms. The van der Waals surface area contributed by atoms with Gasteiger partial charge in [0, 0.05) is 31.3 Å². The lowest BCUT2D eigenvalue weighted by atomic mass is 9.87. The van der Waals surface area contributed by atoms with Gasteiger partial charge in [0.2, 0.25) is 0 Å². The number of nitrogens with zero attached hydrogens (tertiary/aromatic N) is 1. The lowest BCUT2D eigenvalue weighted by Gasteiger charge is -2.19. The van der Waals surface area contributed by atoms with Crippen LogP contribution in [0.5, 0.6) is 17.2 Å². The number of likely N-dealkylation sites (tertiary alicyclic amines) is 1. The summed E-state index contributed by atoms with van der Waals surface area (Å²) in [6, 6.07) is 15.3. The number of alkyl halides is 1. The van der Waals surface area contributed by atoms with E-state index in [9.17, 15) is 13.9 Å². The Kier molecular flexibility index (Phi) is 8.46. The van der Waals surface area contributed by atoms with Crippen LogP contribution < -0.4 is 9.47 Å². The highest BCUT2D eigenvalue weighted by Crippen LogP contribution is 2.42. The zero-order valence-corrected chi connectivity index (χ0v) is 22.2. The molecule has 0 bridgehead atoms. The summed E-state index contributed by atoms with van der Waals surface area (Å²) in [5.74, 6) is -0.326. The standard InChI is InChI=1S/C32H34F3NO3/c1-2-38-31-19-29(34)28(18-30(31)35)27-6-3-5-22-17-23(37)9-12-26(22)32(27)21-7-10-24(11-8-21)39-25-13-16-36(20-25)15-4-14-33/h7-12,17-19,25,37H,2-6,13-16,20H2,1H3/t25-/m0/s1. The number of aromatic hydroxyl groups is 1. The fraction of sp³-hybridized carbons (Fsp3) is 0.375. The summed E-state index contributed by atoms with van der Waals surface area (Å²) < 4.78 is 54.3. The lowest BCUT2D eigenvalue weighted by molar-refractivity contribution is 0.198. The van der Waals surface area contributed by atoms with Gasteiger partial charge in [0.25, 0.3) is 0 Å². The van der Waals surface area contributed by atoms with Crippen LogP contribution >= 0.6 is 0 Å². The number of halogens is 3. The van der Waals surface area contributed by atoms with Crippen LogP contribution in [0.3, 0.4) is 0 Å². The predicted octanol–water partition coefficient (Wildman–Crippen LogP) is 7.18. The quantitative estimate of drug-likeness (QED) is 0.314. The van der Waals surface area contributed by atoms with E-state index >= 15 is 4.39 Å². The second-order valence-corrected chi connectivity index (χ2v) is 10.1. The molecule has 0 unspecified atom stereocenters. The molecule has 3 aromatic carbocycles. The van der Waals surface area contributed by atoms with Crippen molar-refractivity contribution in [2.45, 2.75) is 45.1 Å². The van der Waals surface area contributed by atoms with E-state index in [2.05, 4.69) is 4.90 Å². The Morgan fingerprint density at radius 1 is 0.974 bits per heavy atom. The van der Waals surface area contributed by atoms with E-state index in [1.807, 2.05) is 30.3 Å². The summed E-state index contributed by atoms with van der Waals surface area (Å²) >= 11 is 0. The van der Waals surface area contributed by atoms with Gasteiger partial charge in [-0.3, -0.25) is 9.29 Å². The number of hydrogen-bond acceptors (Lipinski definition) is 4. The number of aryl methyl sites for hydroxylation is 1. The van der Waals surface area contributed by atoms with Crippen LogP contribution in [0.15, 0.2) is 54.6 Å². The van der Waals surface area contributed by atoms with Crippen molar-refractivity contribution in [3.05, 3.63) is 88.5 Å². The van der Waals surface area contributed by atoms with Gasteiger partial charge in [-0.2, -0.15) is 0 Å². The van der Waals surface area contributed by atoms with Crippen molar-refractivity contribution in [3.8, 4) is 17.2 Å². The van der Waals surface area contributed by atoms with E-state index < -0.39 is 11.6 Å². The number of hydrogen-bond donors (Lipinski definition) is 1. The van der Waals surface area contributed by atoms with E-state index in [0.29, 0.717) is 24.8 Å². The third-order valence-electron chi connectivity index (χ3n) is 7.46. The molecule has 0 radical (unpaired) electrons. The second-order valence-electron chi connectivity index (χ2n) is 10.1. The van der Waals surface area contributed by atoms with Crippen LogP contribution in [0.2, 0.25) is 0 Å². The Labute approximate surface area is 227 Å². The monoisotopic (exact) mass is 537 g/mol. The molecule has 0 aromatic heterocycles. The lowest BCUT2D eigenvalue weighted by Crippen LogP contribution is -2.26. The highest BCUT2D eigenvalue weighted by Gasteiger charge is 2.25. The molecule has 1 N–H and O–H groups in total. The number of ether oxygens (including phenoxy) is 2. The van der Waals surface area contributed by atoms with Crippen LogP contribution in [0.4, 0.5) is 13.2 Å². The van der Waals surface area contributed by atoms with Gasteiger partial charge >= 0.3 is 0 Å². The molecule has 206 valence electrons. The van der Waals surface area contributed by atoms with Crippen molar-refractivity contribution in [1.82, 2.24) is 4.90 Å². The van der Waals surface area contributed by atoms with Gasteiger partial charge in [0.05, 0.1) is 13.3 Å². The number of phenolic OH excluding ortho intramolecular Hbond substituents is 1. The number of benzene rings is 3. The highest BCUT2D eigenvalue weighted by molar-refractivity contribution is 6.00. The Morgan fingerprint density at radius 3 is 2.56 bits per heavy atom. The van der Waals surface area contributed by atoms with Crippen molar-refractivity contribution in [2.75, 3.05) is 32.9 Å². The first kappa shape index (κ1) is 27.1. The summed E-state index contributed by atoms with van der Waals surface area (Å²) in [4.78, 5) is 2.22. The van der Waals surface area contributed by atoms with Gasteiger partial charge in [-0.1, -0.05) is 18.2 Å². The third kappa shape index (κ3) is 6.09. The Morgan fingerprint density at radius 2 is 1.79 bits per heavy atom. The average Bonchev–Trinajstić information content (AvgIpc) is 3.29. The minimum atomic E-state index is -0.601. The maximum atomic E-state index is 15.4. The average molecular weight is 538 g/mol. The molecule has 5 rings (SSSR count). The molecule has 3 aromatic rings. The summed E-state index contributed by atoms with van der Waals surface area (Å²) in [6.07, 6.45) is 3.46. The molecule has 4 nitrogen and oxygen atoms in total. The Bertz CT molecular complexity index is 1340. The zero-order valence-electron chi connectivity index (χ0n) is 22.2. The van der Waals surface area contributed by atoms with Crippen molar-refractivity contribution in [2.24, 2.45) is 0 Å². The number of fused-ring (bicyclic) bond motifs is 1. The Balaban J connectivity index is 1.51. The van der Waals surface area contributed by atoms with Crippen LogP contribution in [-0.4, -0.2) is 49.0 Å². The predicted molar refractivity (Wildman–Crippen MR) is 147 cm³/mol. The molecular formula is C32H34F3NO3. The normalized spacial score (nSPS) is 17.7. The molecule has 1 aliphatic heterocycles. The van der Waals surface area contributed by atoms with E-state index in [0.717, 1.165) is 66.6 Å². The summed E-state index contributed by atoms with van der Waals surface area (Å²) in [7, 11) is 0. The summed E-state index contributed by atoms with van der Waals surface area (Å²) in [5.41, 5.74) is 4.46. The molecule has 0 spiro atoms. The minimum Gasteiger partial charge on any atom is -0.508 e. The van der Waals surface area contributed by atoms with E-state index in [4.69, 9.17) is 9.47 Å². The summed E-state index contributed by atoms with van der Waals surface area (Å²) in [5, 5.41) is 10.1. The van der Waals surface area contributed by atoms with Gasteiger partial charge in [-0.05, 0) is 97.2 Å². The van der Waals surface area contributed by atoms with Gasteiger partial charge < -0.3 is 14.6 Å². The number of phenols is 1. The van der Waals surface area contributed by atoms with Crippen LogP contribution in [0.1, 0.15) is 54.9 Å². The van der Waals surface area contributed by atoms with Gasteiger partial charge in [-0.25, -0.2) is 8.78 Å². The van der Waals surface area contributed by atoms with Crippen LogP contribution in [-0.2, 0) is 6.42 Å². The zero-order chi connectivity index (χ0) is 27.4. The molecule has 2 aliphatic rings. The van der Waals surface area contributed by atoms with Crippen molar-refractivity contribution >= 4 is 11.1 Å². The number of allylic oxidation sites excluding steroid dienone is 1. The van der Waals surface area contributed by atoms with Crippen molar-refractivity contribution in [3.63, 3.8) is 0 Å². The topological polar surface area (TPSA) is 41.9 Å². The minimum absolute atomic E-state index is 0.0488. The van der Waals surface area contributed by atoms with Crippen LogP contribution in [0, 0.1) is 11.6 Å². The first-order valence-electron chi connectivity index (χ1n) is 13.7. The Hall–Kier alpha value is -3.45. The smallest absolute Gasteiger partial charge is 0.165 e.